The predicted molar refractivity (Wildman–Crippen MR) is 127 cm³/mol. The zero-order valence-electron chi connectivity index (χ0n) is 20.5. The number of nitrogens with zero attached hydrogens (tertiary/aromatic N) is 1. The van der Waals surface area contributed by atoms with Crippen LogP contribution in [-0.2, 0) is 14.3 Å². The molecule has 0 aliphatic carbocycles. The molecule has 6 atom stereocenters. The molecule has 1 amide bonds. The summed E-state index contributed by atoms with van der Waals surface area (Å²) in [6, 6.07) is 0. The van der Waals surface area contributed by atoms with Gasteiger partial charge in [-0.1, -0.05) is 51.2 Å². The van der Waals surface area contributed by atoms with Crippen molar-refractivity contribution < 1.29 is 29.3 Å². The number of ether oxygens (including phenoxy) is 2. The summed E-state index contributed by atoms with van der Waals surface area (Å²) in [7, 11) is 0. The van der Waals surface area contributed by atoms with Gasteiger partial charge in [0.1, 0.15) is 6.10 Å². The number of allylic oxidation sites excluding steroid dienone is 3. The molecule has 0 unspecified atom stereocenters. The van der Waals surface area contributed by atoms with Crippen molar-refractivity contribution in [1.82, 2.24) is 4.90 Å². The molecule has 0 aromatic carbocycles. The molecular weight excluding hydrogens is 422 g/mol. The number of amides is 1. The number of likely N-dealkylation sites (tertiary alicyclic amines) is 1. The number of aliphatic hydroxyl groups is 2. The Labute approximate surface area is 198 Å². The van der Waals surface area contributed by atoms with Crippen LogP contribution in [0.25, 0.3) is 0 Å². The number of cyclic esters (lactones) is 1. The fourth-order valence-corrected chi connectivity index (χ4v) is 4.07. The first kappa shape index (κ1) is 27.1. The summed E-state index contributed by atoms with van der Waals surface area (Å²) >= 11 is 0. The molecule has 0 aromatic heterocycles. The zero-order valence-corrected chi connectivity index (χ0v) is 20.5. The molecule has 1 saturated heterocycles. The third-order valence-electron chi connectivity index (χ3n) is 6.25. The van der Waals surface area contributed by atoms with Gasteiger partial charge in [-0.15, -0.1) is 0 Å². The lowest BCUT2D eigenvalue weighted by molar-refractivity contribution is -0.151. The molecule has 0 aromatic rings. The van der Waals surface area contributed by atoms with E-state index in [4.69, 9.17) is 9.47 Å². The van der Waals surface area contributed by atoms with Gasteiger partial charge in [-0.05, 0) is 44.1 Å². The van der Waals surface area contributed by atoms with Crippen LogP contribution >= 0.6 is 0 Å². The predicted octanol–water partition coefficient (Wildman–Crippen LogP) is 4.00. The van der Waals surface area contributed by atoms with Gasteiger partial charge in [0, 0.05) is 24.9 Å². The second kappa shape index (κ2) is 13.6. The summed E-state index contributed by atoms with van der Waals surface area (Å²) in [6.45, 7) is 9.17. The first-order chi connectivity index (χ1) is 15.7. The number of carbonyl (C=O) groups is 2. The highest BCUT2D eigenvalue weighted by atomic mass is 16.6. The number of hydrogen-bond acceptors (Lipinski definition) is 6. The van der Waals surface area contributed by atoms with E-state index >= 15 is 0 Å². The summed E-state index contributed by atoms with van der Waals surface area (Å²) in [4.78, 5) is 26.0. The summed E-state index contributed by atoms with van der Waals surface area (Å²) in [5.41, 5.74) is 0.909. The number of carbonyl (C=O) groups excluding carboxylic acids is 2. The topological polar surface area (TPSA) is 96.3 Å². The Balaban J connectivity index is 1.94. The van der Waals surface area contributed by atoms with E-state index in [-0.39, 0.29) is 30.8 Å². The normalized spacial score (nSPS) is 32.1. The Kier molecular flexibility index (Phi) is 11.1. The van der Waals surface area contributed by atoms with E-state index in [9.17, 15) is 19.8 Å². The third-order valence-corrected chi connectivity index (χ3v) is 6.25. The Morgan fingerprint density at radius 1 is 1.27 bits per heavy atom. The van der Waals surface area contributed by atoms with Crippen LogP contribution in [0.5, 0.6) is 0 Å². The lowest BCUT2D eigenvalue weighted by atomic mass is 9.93. The highest BCUT2D eigenvalue weighted by Crippen LogP contribution is 2.23. The van der Waals surface area contributed by atoms with Crippen molar-refractivity contribution in [3.8, 4) is 0 Å². The average Bonchev–Trinajstić information content (AvgIpc) is 3.19. The van der Waals surface area contributed by atoms with Crippen molar-refractivity contribution in [3.05, 3.63) is 36.0 Å². The van der Waals surface area contributed by atoms with E-state index < -0.39 is 24.4 Å². The molecule has 2 aliphatic rings. The van der Waals surface area contributed by atoms with Crippen LogP contribution < -0.4 is 0 Å². The van der Waals surface area contributed by atoms with Crippen LogP contribution in [0, 0.1) is 17.8 Å². The molecule has 1 fully saturated rings. The lowest BCUT2D eigenvalue weighted by Crippen LogP contribution is -2.31. The third kappa shape index (κ3) is 9.72. The molecule has 33 heavy (non-hydrogen) atoms. The highest BCUT2D eigenvalue weighted by Gasteiger charge is 2.26. The van der Waals surface area contributed by atoms with E-state index in [1.165, 1.54) is 4.90 Å². The molecule has 7 nitrogen and oxygen atoms in total. The van der Waals surface area contributed by atoms with Crippen LogP contribution in [0.15, 0.2) is 36.0 Å². The quantitative estimate of drug-likeness (QED) is 0.363. The van der Waals surface area contributed by atoms with Gasteiger partial charge >= 0.3 is 12.1 Å². The smallest absolute Gasteiger partial charge is 0.409 e. The number of β-amino-alcohol motifs (C(OH)–C–C–N with tert-alkyl or cyclic N) is 1. The highest BCUT2D eigenvalue weighted by molar-refractivity contribution is 5.70. The van der Waals surface area contributed by atoms with E-state index in [1.807, 2.05) is 39.0 Å². The molecule has 0 radical (unpaired) electrons. The van der Waals surface area contributed by atoms with Gasteiger partial charge < -0.3 is 24.6 Å². The van der Waals surface area contributed by atoms with Gasteiger partial charge in [-0.2, -0.15) is 0 Å². The van der Waals surface area contributed by atoms with Crippen molar-refractivity contribution in [1.29, 1.82) is 0 Å². The second-order valence-corrected chi connectivity index (χ2v) is 9.71. The fraction of sp³-hybridized carbons (Fsp3) is 0.692. The minimum Gasteiger partial charge on any atom is -0.457 e. The zero-order chi connectivity index (χ0) is 24.4. The monoisotopic (exact) mass is 463 g/mol. The Morgan fingerprint density at radius 3 is 2.73 bits per heavy atom. The molecular formula is C26H41NO6. The Hall–Kier alpha value is -2.12. The standard InChI is InChI=1S/C26H41NO6/c1-18-7-5-9-20(3)25(33-24(30)15-22(28)12-11-18)21(4)10-6-8-19(2)17-32-26(31)27-14-13-23(29)16-27/h5-6,8-10,18-20,22-23,25,28-29H,7,11-17H2,1-4H3/b8-6+,9-5+,21-10+/t18-,19-,20+,22-,23-,25+/m1/s1. The number of rotatable bonds is 5. The maximum atomic E-state index is 12.4. The van der Waals surface area contributed by atoms with Crippen LogP contribution in [0.4, 0.5) is 4.79 Å². The fourth-order valence-electron chi connectivity index (χ4n) is 4.07. The van der Waals surface area contributed by atoms with Gasteiger partial charge in [-0.3, -0.25) is 4.79 Å². The SMILES string of the molecule is C/C(=C\C=C\[C@@H](C)COC(=O)N1CC[C@@H](O)C1)[C@H]1OC(=O)C[C@H](O)CC[C@H](C)C/C=C/[C@@H]1C. The number of aliphatic hydroxyl groups excluding tert-OH is 2. The Bertz CT molecular complexity index is 730. The minimum absolute atomic E-state index is 0.0107. The number of hydrogen-bond donors (Lipinski definition) is 2. The summed E-state index contributed by atoms with van der Waals surface area (Å²) < 4.78 is 11.1. The van der Waals surface area contributed by atoms with E-state index in [2.05, 4.69) is 19.1 Å². The summed E-state index contributed by atoms with van der Waals surface area (Å²) in [5.74, 6) is 0.0996. The van der Waals surface area contributed by atoms with Crippen molar-refractivity contribution in [3.63, 3.8) is 0 Å². The van der Waals surface area contributed by atoms with Gasteiger partial charge in [0.2, 0.25) is 0 Å². The molecule has 186 valence electrons. The molecule has 2 aliphatic heterocycles. The van der Waals surface area contributed by atoms with Crippen LogP contribution in [-0.4, -0.2) is 65.2 Å². The first-order valence-corrected chi connectivity index (χ1v) is 12.1. The van der Waals surface area contributed by atoms with Crippen molar-refractivity contribution in [2.24, 2.45) is 17.8 Å². The number of esters is 1. The Morgan fingerprint density at radius 2 is 2.03 bits per heavy atom. The van der Waals surface area contributed by atoms with Gasteiger partial charge in [0.15, 0.2) is 0 Å². The maximum Gasteiger partial charge on any atom is 0.409 e. The molecule has 0 bridgehead atoms. The van der Waals surface area contributed by atoms with Crippen molar-refractivity contribution in [2.75, 3.05) is 19.7 Å². The minimum atomic E-state index is -0.670. The van der Waals surface area contributed by atoms with Gasteiger partial charge in [-0.25, -0.2) is 4.79 Å². The average molecular weight is 464 g/mol. The second-order valence-electron chi connectivity index (χ2n) is 9.71. The van der Waals surface area contributed by atoms with Crippen LogP contribution in [0.2, 0.25) is 0 Å². The largest absolute Gasteiger partial charge is 0.457 e. The van der Waals surface area contributed by atoms with E-state index in [0.717, 1.165) is 18.4 Å². The molecule has 0 saturated carbocycles. The van der Waals surface area contributed by atoms with E-state index in [0.29, 0.717) is 31.8 Å². The first-order valence-electron chi connectivity index (χ1n) is 12.1. The van der Waals surface area contributed by atoms with Crippen LogP contribution in [0.1, 0.15) is 59.8 Å². The molecule has 2 heterocycles. The maximum absolute atomic E-state index is 12.4. The summed E-state index contributed by atoms with van der Waals surface area (Å²) in [5, 5.41) is 19.7. The molecule has 7 heteroatoms. The summed E-state index contributed by atoms with van der Waals surface area (Å²) in [6.07, 6.45) is 11.1. The lowest BCUT2D eigenvalue weighted by Gasteiger charge is -2.25. The molecule has 2 rings (SSSR count). The van der Waals surface area contributed by atoms with Crippen molar-refractivity contribution in [2.45, 2.75) is 78.1 Å². The van der Waals surface area contributed by atoms with Gasteiger partial charge in [0.25, 0.3) is 0 Å². The van der Waals surface area contributed by atoms with E-state index in [1.54, 1.807) is 0 Å². The van der Waals surface area contributed by atoms with Crippen molar-refractivity contribution >= 4 is 12.1 Å². The molecule has 0 spiro atoms. The van der Waals surface area contributed by atoms with Crippen LogP contribution in [0.3, 0.4) is 0 Å². The molecule has 2 N–H and O–H groups in total. The van der Waals surface area contributed by atoms with Gasteiger partial charge in [0.05, 0.1) is 25.2 Å².